The van der Waals surface area contributed by atoms with E-state index in [2.05, 4.69) is 10.4 Å². The van der Waals surface area contributed by atoms with Gasteiger partial charge in [-0.05, 0) is 31.0 Å². The van der Waals surface area contributed by atoms with Crippen LogP contribution in [0.3, 0.4) is 0 Å². The minimum Gasteiger partial charge on any atom is -0.304 e. The van der Waals surface area contributed by atoms with Crippen LogP contribution in [0.25, 0.3) is 5.69 Å². The second kappa shape index (κ2) is 6.46. The normalized spacial score (nSPS) is 15.7. The van der Waals surface area contributed by atoms with Crippen LogP contribution in [0.15, 0.2) is 30.7 Å². The van der Waals surface area contributed by atoms with Crippen LogP contribution in [0.5, 0.6) is 0 Å². The molecule has 3 rings (SSSR count). The van der Waals surface area contributed by atoms with Gasteiger partial charge in [0.15, 0.2) is 0 Å². The molecule has 2 aromatic rings. The van der Waals surface area contributed by atoms with Gasteiger partial charge in [-0.3, -0.25) is 10.2 Å². The Balaban J connectivity index is 1.73. The molecule has 1 amide bonds. The second-order valence-electron chi connectivity index (χ2n) is 5.25. The SMILES string of the molecule is O=C(NN1CCCCC1)c1cn(-c2ccc(F)cc2Cl)cn1. The van der Waals surface area contributed by atoms with Gasteiger partial charge in [0.1, 0.15) is 17.8 Å². The van der Waals surface area contributed by atoms with E-state index in [1.807, 2.05) is 5.01 Å². The van der Waals surface area contributed by atoms with Crippen molar-refractivity contribution in [3.05, 3.63) is 47.3 Å². The van der Waals surface area contributed by atoms with Gasteiger partial charge in [0.2, 0.25) is 0 Å². The van der Waals surface area contributed by atoms with Gasteiger partial charge >= 0.3 is 0 Å². The predicted octanol–water partition coefficient (Wildman–Crippen LogP) is 2.80. The first-order valence-corrected chi connectivity index (χ1v) is 7.56. The molecule has 1 fully saturated rings. The number of halogens is 2. The van der Waals surface area contributed by atoms with Crippen molar-refractivity contribution >= 4 is 17.5 Å². The first-order chi connectivity index (χ1) is 10.6. The summed E-state index contributed by atoms with van der Waals surface area (Å²) in [5.41, 5.74) is 3.72. The van der Waals surface area contributed by atoms with Crippen molar-refractivity contribution in [3.63, 3.8) is 0 Å². The Morgan fingerprint density at radius 1 is 1.27 bits per heavy atom. The summed E-state index contributed by atoms with van der Waals surface area (Å²) in [6.45, 7) is 1.71. The third-order valence-electron chi connectivity index (χ3n) is 3.62. The molecule has 7 heteroatoms. The van der Waals surface area contributed by atoms with Gasteiger partial charge in [0.05, 0.1) is 10.7 Å². The minimum atomic E-state index is -0.406. The fourth-order valence-electron chi connectivity index (χ4n) is 2.47. The zero-order valence-corrected chi connectivity index (χ0v) is 12.7. The Hall–Kier alpha value is -1.92. The Bertz CT molecular complexity index is 682. The number of imidazole rings is 1. The van der Waals surface area contributed by atoms with Crippen LogP contribution in [-0.2, 0) is 0 Å². The zero-order chi connectivity index (χ0) is 15.5. The molecule has 0 aliphatic carbocycles. The monoisotopic (exact) mass is 322 g/mol. The number of hydrogen-bond donors (Lipinski definition) is 1. The molecule has 0 saturated carbocycles. The standard InChI is InChI=1S/C15H16ClFN4O/c16-12-8-11(17)4-5-14(12)20-9-13(18-10-20)15(22)19-21-6-2-1-3-7-21/h4-5,8-10H,1-3,6-7H2,(H,19,22). The number of hydrazine groups is 1. The molecule has 116 valence electrons. The Labute approximate surface area is 132 Å². The summed E-state index contributed by atoms with van der Waals surface area (Å²) in [4.78, 5) is 16.3. The summed E-state index contributed by atoms with van der Waals surface area (Å²) >= 11 is 6.01. The number of hydrogen-bond acceptors (Lipinski definition) is 3. The lowest BCUT2D eigenvalue weighted by Gasteiger charge is -2.26. The van der Waals surface area contributed by atoms with Crippen LogP contribution in [0, 0.1) is 5.82 Å². The van der Waals surface area contributed by atoms with E-state index in [0.29, 0.717) is 11.4 Å². The lowest BCUT2D eigenvalue weighted by Crippen LogP contribution is -2.45. The molecule has 1 aliphatic rings. The van der Waals surface area contributed by atoms with E-state index in [1.165, 1.54) is 24.9 Å². The van der Waals surface area contributed by atoms with Crippen molar-refractivity contribution in [2.24, 2.45) is 0 Å². The number of benzene rings is 1. The van der Waals surface area contributed by atoms with Gasteiger partial charge in [-0.15, -0.1) is 0 Å². The lowest BCUT2D eigenvalue weighted by atomic mass is 10.2. The molecular weight excluding hydrogens is 307 g/mol. The molecule has 1 aliphatic heterocycles. The molecule has 5 nitrogen and oxygen atoms in total. The van der Waals surface area contributed by atoms with Crippen LogP contribution in [0.1, 0.15) is 29.8 Å². The highest BCUT2D eigenvalue weighted by Gasteiger charge is 2.16. The highest BCUT2D eigenvalue weighted by Crippen LogP contribution is 2.21. The van der Waals surface area contributed by atoms with E-state index in [4.69, 9.17) is 11.6 Å². The molecule has 22 heavy (non-hydrogen) atoms. The molecule has 0 unspecified atom stereocenters. The fraction of sp³-hybridized carbons (Fsp3) is 0.333. The van der Waals surface area contributed by atoms with E-state index in [0.717, 1.165) is 25.9 Å². The molecule has 1 aromatic heterocycles. The first-order valence-electron chi connectivity index (χ1n) is 7.19. The Morgan fingerprint density at radius 3 is 2.77 bits per heavy atom. The molecule has 2 heterocycles. The molecule has 0 spiro atoms. The van der Waals surface area contributed by atoms with E-state index in [-0.39, 0.29) is 10.9 Å². The van der Waals surface area contributed by atoms with Crippen molar-refractivity contribution < 1.29 is 9.18 Å². The summed E-state index contributed by atoms with van der Waals surface area (Å²) < 4.78 is 14.7. The van der Waals surface area contributed by atoms with Gasteiger partial charge in [-0.1, -0.05) is 18.0 Å². The van der Waals surface area contributed by atoms with Gasteiger partial charge in [-0.25, -0.2) is 14.4 Å². The van der Waals surface area contributed by atoms with Crippen LogP contribution < -0.4 is 5.43 Å². The number of nitrogens with zero attached hydrogens (tertiary/aromatic N) is 3. The van der Waals surface area contributed by atoms with E-state index in [9.17, 15) is 9.18 Å². The summed E-state index contributed by atoms with van der Waals surface area (Å²) in [5, 5.41) is 2.18. The highest BCUT2D eigenvalue weighted by atomic mass is 35.5. The van der Waals surface area contributed by atoms with Crippen LogP contribution in [0.2, 0.25) is 5.02 Å². The molecule has 1 saturated heterocycles. The van der Waals surface area contributed by atoms with Crippen molar-refractivity contribution in [2.45, 2.75) is 19.3 Å². The fourth-order valence-corrected chi connectivity index (χ4v) is 2.73. The van der Waals surface area contributed by atoms with E-state index >= 15 is 0 Å². The number of carbonyl (C=O) groups excluding carboxylic acids is 1. The number of aromatic nitrogens is 2. The molecule has 0 radical (unpaired) electrons. The maximum Gasteiger partial charge on any atom is 0.285 e. The van der Waals surface area contributed by atoms with Crippen LogP contribution >= 0.6 is 11.6 Å². The highest BCUT2D eigenvalue weighted by molar-refractivity contribution is 6.32. The number of nitrogens with one attached hydrogen (secondary N) is 1. The Morgan fingerprint density at radius 2 is 2.05 bits per heavy atom. The van der Waals surface area contributed by atoms with Gasteiger partial charge in [-0.2, -0.15) is 0 Å². The van der Waals surface area contributed by atoms with E-state index in [1.54, 1.807) is 16.8 Å². The average Bonchev–Trinajstić information content (AvgIpc) is 2.98. The predicted molar refractivity (Wildman–Crippen MR) is 81.4 cm³/mol. The molecular formula is C15H16ClFN4O. The quantitative estimate of drug-likeness (QED) is 0.945. The van der Waals surface area contributed by atoms with Crippen molar-refractivity contribution in [1.29, 1.82) is 0 Å². The van der Waals surface area contributed by atoms with Crippen molar-refractivity contribution in [3.8, 4) is 5.69 Å². The summed E-state index contributed by atoms with van der Waals surface area (Å²) in [7, 11) is 0. The zero-order valence-electron chi connectivity index (χ0n) is 11.9. The van der Waals surface area contributed by atoms with Gasteiger partial charge in [0, 0.05) is 19.3 Å². The summed E-state index contributed by atoms with van der Waals surface area (Å²) in [5.74, 6) is -0.657. The summed E-state index contributed by atoms with van der Waals surface area (Å²) in [6.07, 6.45) is 6.44. The van der Waals surface area contributed by atoms with Crippen LogP contribution in [-0.4, -0.2) is 33.6 Å². The largest absolute Gasteiger partial charge is 0.304 e. The summed E-state index contributed by atoms with van der Waals surface area (Å²) in [6, 6.07) is 4.09. The number of piperidine rings is 1. The van der Waals surface area contributed by atoms with Gasteiger partial charge < -0.3 is 4.57 Å². The molecule has 1 aromatic carbocycles. The third kappa shape index (κ3) is 3.28. The molecule has 1 N–H and O–H groups in total. The topological polar surface area (TPSA) is 50.2 Å². The Kier molecular flexibility index (Phi) is 4.40. The average molecular weight is 323 g/mol. The third-order valence-corrected chi connectivity index (χ3v) is 3.92. The lowest BCUT2D eigenvalue weighted by molar-refractivity contribution is 0.0745. The van der Waals surface area contributed by atoms with Gasteiger partial charge in [0.25, 0.3) is 5.91 Å². The molecule has 0 bridgehead atoms. The number of amides is 1. The maximum atomic E-state index is 13.1. The number of carbonyl (C=O) groups is 1. The minimum absolute atomic E-state index is 0.251. The molecule has 0 atom stereocenters. The second-order valence-corrected chi connectivity index (χ2v) is 5.66. The maximum absolute atomic E-state index is 13.1. The van der Waals surface area contributed by atoms with Crippen molar-refractivity contribution in [1.82, 2.24) is 20.0 Å². The number of rotatable bonds is 3. The van der Waals surface area contributed by atoms with Crippen molar-refractivity contribution in [2.75, 3.05) is 13.1 Å². The first kappa shape index (κ1) is 15.0. The van der Waals surface area contributed by atoms with Crippen LogP contribution in [0.4, 0.5) is 4.39 Å². The van der Waals surface area contributed by atoms with E-state index < -0.39 is 5.82 Å². The smallest absolute Gasteiger partial charge is 0.285 e.